The summed E-state index contributed by atoms with van der Waals surface area (Å²) < 4.78 is 5.68. The van der Waals surface area contributed by atoms with E-state index in [1.165, 1.54) is 0 Å². The summed E-state index contributed by atoms with van der Waals surface area (Å²) in [6.45, 7) is 9.42. The minimum absolute atomic E-state index is 0.232. The second-order valence-electron chi connectivity index (χ2n) is 5.69. The lowest BCUT2D eigenvalue weighted by Crippen LogP contribution is -2.68. The average Bonchev–Trinajstić information content (AvgIpc) is 2.27. The molecule has 1 atom stereocenters. The summed E-state index contributed by atoms with van der Waals surface area (Å²) in [5.74, 6) is 0. The van der Waals surface area contributed by atoms with Gasteiger partial charge in [0.25, 0.3) is 0 Å². The third-order valence-electron chi connectivity index (χ3n) is 4.63. The molecule has 2 rings (SSSR count). The summed E-state index contributed by atoms with van der Waals surface area (Å²) >= 11 is 0. The Kier molecular flexibility index (Phi) is 4.08. The molecular formula is C13H27N3O. The first-order chi connectivity index (χ1) is 8.11. The smallest absolute Gasteiger partial charge is 0.0611 e. The molecular weight excluding hydrogens is 214 g/mol. The van der Waals surface area contributed by atoms with Crippen molar-refractivity contribution in [3.05, 3.63) is 0 Å². The number of nitrogens with zero attached hydrogens (tertiary/aromatic N) is 2. The van der Waals surface area contributed by atoms with E-state index in [4.69, 9.17) is 10.5 Å². The molecule has 1 aliphatic heterocycles. The maximum absolute atomic E-state index is 6.03. The molecule has 17 heavy (non-hydrogen) atoms. The Labute approximate surface area is 105 Å². The molecule has 1 unspecified atom stereocenters. The molecule has 2 fully saturated rings. The first-order valence-corrected chi connectivity index (χ1v) is 6.88. The van der Waals surface area contributed by atoms with Crippen LogP contribution in [-0.4, -0.2) is 67.3 Å². The summed E-state index contributed by atoms with van der Waals surface area (Å²) in [6, 6.07) is 0.637. The Morgan fingerprint density at radius 3 is 2.59 bits per heavy atom. The number of nitrogens with two attached hydrogens (primary N) is 1. The van der Waals surface area contributed by atoms with Crippen LogP contribution in [0, 0.1) is 0 Å². The fourth-order valence-electron chi connectivity index (χ4n) is 3.17. The van der Waals surface area contributed by atoms with Crippen LogP contribution < -0.4 is 5.73 Å². The van der Waals surface area contributed by atoms with Gasteiger partial charge in [-0.1, -0.05) is 0 Å². The molecule has 1 saturated heterocycles. The number of likely N-dealkylation sites (N-methyl/N-ethyl adjacent to an activating group) is 1. The fourth-order valence-corrected chi connectivity index (χ4v) is 3.17. The van der Waals surface area contributed by atoms with Crippen LogP contribution in [-0.2, 0) is 4.74 Å². The summed E-state index contributed by atoms with van der Waals surface area (Å²) in [5, 5.41) is 0. The predicted octanol–water partition coefficient (Wildman–Crippen LogP) is 0.519. The van der Waals surface area contributed by atoms with Crippen LogP contribution in [0.1, 0.15) is 26.7 Å². The maximum atomic E-state index is 6.03. The van der Waals surface area contributed by atoms with Crippen molar-refractivity contribution >= 4 is 0 Å². The van der Waals surface area contributed by atoms with Gasteiger partial charge >= 0.3 is 0 Å². The standard InChI is InChI=1S/C13H27N3O/c1-4-17-12-7-13(8-12,10-14)16-6-5-15(3)11(2)9-16/h11-12H,4-10,14H2,1-3H3. The molecule has 0 aromatic heterocycles. The summed E-state index contributed by atoms with van der Waals surface area (Å²) in [7, 11) is 2.21. The van der Waals surface area contributed by atoms with Gasteiger partial charge in [0.15, 0.2) is 0 Å². The van der Waals surface area contributed by atoms with Gasteiger partial charge < -0.3 is 15.4 Å². The molecule has 2 N–H and O–H groups in total. The monoisotopic (exact) mass is 241 g/mol. The first-order valence-electron chi connectivity index (χ1n) is 6.88. The lowest BCUT2D eigenvalue weighted by atomic mass is 9.72. The SMILES string of the molecule is CCOC1CC(CN)(N2CCN(C)C(C)C2)C1. The highest BCUT2D eigenvalue weighted by Crippen LogP contribution is 2.39. The van der Waals surface area contributed by atoms with Crippen LogP contribution in [0.4, 0.5) is 0 Å². The Balaban J connectivity index is 1.92. The van der Waals surface area contributed by atoms with Crippen LogP contribution in [0.15, 0.2) is 0 Å². The van der Waals surface area contributed by atoms with Gasteiger partial charge in [0.1, 0.15) is 0 Å². The highest BCUT2D eigenvalue weighted by atomic mass is 16.5. The van der Waals surface area contributed by atoms with Gasteiger partial charge in [-0.25, -0.2) is 0 Å². The Morgan fingerprint density at radius 2 is 2.06 bits per heavy atom. The zero-order valence-corrected chi connectivity index (χ0v) is 11.5. The Morgan fingerprint density at radius 1 is 1.35 bits per heavy atom. The molecule has 0 aromatic rings. The van der Waals surface area contributed by atoms with Crippen LogP contribution in [0.5, 0.6) is 0 Å². The lowest BCUT2D eigenvalue weighted by molar-refractivity contribution is -0.114. The third kappa shape index (κ3) is 2.50. The molecule has 2 aliphatic rings. The zero-order chi connectivity index (χ0) is 12.5. The van der Waals surface area contributed by atoms with Gasteiger partial charge in [-0.05, 0) is 33.7 Å². The number of hydrogen-bond donors (Lipinski definition) is 1. The van der Waals surface area contributed by atoms with E-state index in [-0.39, 0.29) is 5.54 Å². The van der Waals surface area contributed by atoms with Crippen LogP contribution in [0.3, 0.4) is 0 Å². The summed E-state index contributed by atoms with van der Waals surface area (Å²) in [4.78, 5) is 5.03. The molecule has 1 heterocycles. The van der Waals surface area contributed by atoms with Gasteiger partial charge in [0.05, 0.1) is 6.10 Å². The van der Waals surface area contributed by atoms with E-state index < -0.39 is 0 Å². The number of ether oxygens (including phenoxy) is 1. The molecule has 100 valence electrons. The molecule has 0 aromatic carbocycles. The summed E-state index contributed by atoms with van der Waals surface area (Å²) in [6.07, 6.45) is 2.68. The second-order valence-corrected chi connectivity index (χ2v) is 5.69. The molecule has 0 amide bonds. The largest absolute Gasteiger partial charge is 0.378 e. The number of rotatable bonds is 4. The minimum atomic E-state index is 0.232. The number of hydrogen-bond acceptors (Lipinski definition) is 4. The van der Waals surface area contributed by atoms with E-state index in [1.54, 1.807) is 0 Å². The second kappa shape index (κ2) is 5.22. The van der Waals surface area contributed by atoms with E-state index in [9.17, 15) is 0 Å². The van der Waals surface area contributed by atoms with Crippen LogP contribution in [0.25, 0.3) is 0 Å². The van der Waals surface area contributed by atoms with Crippen molar-refractivity contribution in [1.82, 2.24) is 9.80 Å². The molecule has 0 radical (unpaired) electrons. The van der Waals surface area contributed by atoms with Crippen molar-refractivity contribution in [3.63, 3.8) is 0 Å². The highest BCUT2D eigenvalue weighted by Gasteiger charge is 2.49. The molecule has 1 aliphatic carbocycles. The normalized spacial score (nSPS) is 40.2. The fraction of sp³-hybridized carbons (Fsp3) is 1.00. The van der Waals surface area contributed by atoms with Crippen LogP contribution >= 0.6 is 0 Å². The average molecular weight is 241 g/mol. The maximum Gasteiger partial charge on any atom is 0.0611 e. The quantitative estimate of drug-likeness (QED) is 0.779. The van der Waals surface area contributed by atoms with E-state index in [2.05, 4.69) is 30.7 Å². The molecule has 0 bridgehead atoms. The van der Waals surface area contributed by atoms with Crippen LogP contribution in [0.2, 0.25) is 0 Å². The van der Waals surface area contributed by atoms with E-state index in [0.717, 1.165) is 45.6 Å². The Bertz CT molecular complexity index is 253. The van der Waals surface area contributed by atoms with Gasteiger partial charge in [-0.3, -0.25) is 4.90 Å². The van der Waals surface area contributed by atoms with Crippen molar-refractivity contribution in [3.8, 4) is 0 Å². The van der Waals surface area contributed by atoms with Gasteiger partial charge in [-0.2, -0.15) is 0 Å². The Hall–Kier alpha value is -0.160. The minimum Gasteiger partial charge on any atom is -0.378 e. The summed E-state index contributed by atoms with van der Waals surface area (Å²) in [5.41, 5.74) is 6.26. The molecule has 1 saturated carbocycles. The lowest BCUT2D eigenvalue weighted by Gasteiger charge is -2.56. The molecule has 4 nitrogen and oxygen atoms in total. The van der Waals surface area contributed by atoms with Gasteiger partial charge in [-0.15, -0.1) is 0 Å². The number of piperazine rings is 1. The van der Waals surface area contributed by atoms with Crippen molar-refractivity contribution < 1.29 is 4.74 Å². The third-order valence-corrected chi connectivity index (χ3v) is 4.63. The van der Waals surface area contributed by atoms with Crippen molar-refractivity contribution in [2.45, 2.75) is 44.4 Å². The predicted molar refractivity (Wildman–Crippen MR) is 70.1 cm³/mol. The highest BCUT2D eigenvalue weighted by molar-refractivity contribution is 5.06. The van der Waals surface area contributed by atoms with Crippen molar-refractivity contribution in [2.24, 2.45) is 5.73 Å². The van der Waals surface area contributed by atoms with Gasteiger partial charge in [0.2, 0.25) is 0 Å². The van der Waals surface area contributed by atoms with E-state index in [0.29, 0.717) is 12.1 Å². The van der Waals surface area contributed by atoms with E-state index in [1.807, 2.05) is 0 Å². The topological polar surface area (TPSA) is 41.7 Å². The van der Waals surface area contributed by atoms with Crippen molar-refractivity contribution in [1.29, 1.82) is 0 Å². The first kappa shape index (κ1) is 13.3. The molecule has 0 spiro atoms. The van der Waals surface area contributed by atoms with E-state index >= 15 is 0 Å². The van der Waals surface area contributed by atoms with Gasteiger partial charge in [0, 0.05) is 44.4 Å². The zero-order valence-electron chi connectivity index (χ0n) is 11.5. The molecule has 4 heteroatoms. The van der Waals surface area contributed by atoms with Crippen molar-refractivity contribution in [2.75, 3.05) is 39.8 Å².